The third-order valence-electron chi connectivity index (χ3n) is 6.66. The van der Waals surface area contributed by atoms with Crippen molar-refractivity contribution in [2.75, 3.05) is 36.5 Å². The lowest BCUT2D eigenvalue weighted by Gasteiger charge is -2.29. The Morgan fingerprint density at radius 1 is 1.00 bits per heavy atom. The average molecular weight is 522 g/mol. The third-order valence-corrected chi connectivity index (χ3v) is 6.66. The Bertz CT molecular complexity index is 1450. The number of fused-ring (bicyclic) bond motifs is 1. The average Bonchev–Trinajstić information content (AvgIpc) is 3.33. The minimum absolute atomic E-state index is 0.0320. The quantitative estimate of drug-likeness (QED) is 0.475. The van der Waals surface area contributed by atoms with Gasteiger partial charge in [0.25, 0.3) is 5.91 Å². The smallest absolute Gasteiger partial charge is 0.359 e. The highest BCUT2D eigenvalue weighted by molar-refractivity contribution is 6.09. The Balaban J connectivity index is 1.48. The van der Waals surface area contributed by atoms with E-state index in [2.05, 4.69) is 5.10 Å². The molecule has 1 atom stereocenters. The van der Waals surface area contributed by atoms with E-state index in [1.165, 1.54) is 35.9 Å². The second-order valence-corrected chi connectivity index (χ2v) is 9.36. The highest BCUT2D eigenvalue weighted by Crippen LogP contribution is 2.31. The van der Waals surface area contributed by atoms with Gasteiger partial charge in [0.05, 0.1) is 22.9 Å². The lowest BCUT2D eigenvalue weighted by Crippen LogP contribution is -2.39. The maximum atomic E-state index is 13.9. The van der Waals surface area contributed by atoms with Crippen LogP contribution >= 0.6 is 0 Å². The monoisotopic (exact) mass is 521 g/mol. The summed E-state index contributed by atoms with van der Waals surface area (Å²) in [5.41, 5.74) is 2.36. The molecule has 0 saturated carbocycles. The fourth-order valence-corrected chi connectivity index (χ4v) is 4.77. The van der Waals surface area contributed by atoms with Crippen molar-refractivity contribution in [3.63, 3.8) is 0 Å². The molecule has 3 aromatic rings. The number of aliphatic hydroxyl groups is 1. The molecule has 38 heavy (non-hydrogen) atoms. The first-order valence-corrected chi connectivity index (χ1v) is 12.5. The number of ether oxygens (including phenoxy) is 2. The van der Waals surface area contributed by atoms with E-state index in [1.807, 2.05) is 12.1 Å². The summed E-state index contributed by atoms with van der Waals surface area (Å²) in [6, 6.07) is 13.2. The number of carbonyl (C=O) groups is 3. The van der Waals surface area contributed by atoms with Crippen molar-refractivity contribution in [2.45, 2.75) is 38.7 Å². The van der Waals surface area contributed by atoms with Crippen molar-refractivity contribution in [2.24, 2.45) is 0 Å². The molecule has 1 saturated heterocycles. The number of anilines is 2. The zero-order valence-corrected chi connectivity index (χ0v) is 20.9. The van der Waals surface area contributed by atoms with Crippen molar-refractivity contribution in [1.82, 2.24) is 9.78 Å². The molecule has 10 heteroatoms. The van der Waals surface area contributed by atoms with Crippen molar-refractivity contribution in [1.29, 1.82) is 0 Å². The van der Waals surface area contributed by atoms with Crippen molar-refractivity contribution in [3.05, 3.63) is 65.5 Å². The number of esters is 1. The lowest BCUT2D eigenvalue weighted by molar-refractivity contribution is -0.119. The molecule has 2 aliphatic rings. The van der Waals surface area contributed by atoms with Crippen LogP contribution in [0.2, 0.25) is 0 Å². The van der Waals surface area contributed by atoms with E-state index >= 15 is 0 Å². The van der Waals surface area contributed by atoms with Crippen LogP contribution in [0.3, 0.4) is 0 Å². The molecule has 1 aromatic heterocycles. The van der Waals surface area contributed by atoms with Gasteiger partial charge in [0.2, 0.25) is 5.91 Å². The second-order valence-electron chi connectivity index (χ2n) is 9.36. The predicted molar refractivity (Wildman–Crippen MR) is 140 cm³/mol. The molecule has 0 spiro atoms. The normalized spacial score (nSPS) is 17.8. The van der Waals surface area contributed by atoms with Gasteiger partial charge in [0.1, 0.15) is 18.1 Å². The van der Waals surface area contributed by atoms with Gasteiger partial charge in [-0.15, -0.1) is 0 Å². The molecule has 1 unspecified atom stereocenters. The second kappa shape index (κ2) is 10.7. The van der Waals surface area contributed by atoms with Crippen LogP contribution in [0.15, 0.2) is 48.5 Å². The van der Waals surface area contributed by atoms with Gasteiger partial charge in [-0.3, -0.25) is 9.59 Å². The number of methoxy groups -OCH3 is 1. The minimum atomic E-state index is -2.62. The van der Waals surface area contributed by atoms with Crippen LogP contribution in [0.1, 0.15) is 56.8 Å². The maximum Gasteiger partial charge on any atom is 0.359 e. The fraction of sp³-hybridized carbons (Fsp3) is 0.357. The van der Waals surface area contributed by atoms with E-state index in [4.69, 9.17) is 13.6 Å². The Labute approximate surface area is 224 Å². The zero-order valence-electron chi connectivity index (χ0n) is 23.9. The summed E-state index contributed by atoms with van der Waals surface area (Å²) >= 11 is 0. The summed E-state index contributed by atoms with van der Waals surface area (Å²) in [6.45, 7) is 2.20. The van der Waals surface area contributed by atoms with Crippen LogP contribution in [-0.2, 0) is 16.0 Å². The lowest BCUT2D eigenvalue weighted by atomic mass is 10.0. The van der Waals surface area contributed by atoms with Gasteiger partial charge in [-0.2, -0.15) is 5.10 Å². The van der Waals surface area contributed by atoms with Crippen molar-refractivity contribution in [3.8, 4) is 11.4 Å². The molecule has 3 heterocycles. The summed E-state index contributed by atoms with van der Waals surface area (Å²) in [6.07, 6.45) is 1.78. The highest BCUT2D eigenvalue weighted by Gasteiger charge is 2.36. The predicted octanol–water partition coefficient (Wildman–Crippen LogP) is 3.14. The SMILES string of the molecule is [2H]C([2H])([2H])Oc1ccc(-n2nc(C(=O)OCC(C)O)c3c2C(=O)N(c2ccc(N4CCCCC4=O)cc2)CC3)cc1. The van der Waals surface area contributed by atoms with E-state index in [0.29, 0.717) is 36.3 Å². The Morgan fingerprint density at radius 2 is 1.68 bits per heavy atom. The first kappa shape index (κ1) is 21.9. The van der Waals surface area contributed by atoms with Crippen LogP contribution in [0.25, 0.3) is 5.69 Å². The van der Waals surface area contributed by atoms with Crippen LogP contribution in [0, 0.1) is 0 Å². The number of piperidine rings is 1. The molecule has 0 aliphatic carbocycles. The van der Waals surface area contributed by atoms with Crippen molar-refractivity contribution >= 4 is 29.2 Å². The molecular weight excluding hydrogens is 488 g/mol. The third kappa shape index (κ3) is 4.87. The molecule has 2 amide bonds. The molecule has 1 N–H and O–H groups in total. The summed E-state index contributed by atoms with van der Waals surface area (Å²) in [7, 11) is -2.62. The van der Waals surface area contributed by atoms with Crippen molar-refractivity contribution < 1.29 is 33.1 Å². The van der Waals surface area contributed by atoms with E-state index < -0.39 is 25.0 Å². The molecule has 198 valence electrons. The summed E-state index contributed by atoms with van der Waals surface area (Å²) in [5.74, 6) is -0.971. The van der Waals surface area contributed by atoms with Crippen LogP contribution < -0.4 is 14.5 Å². The number of benzene rings is 2. The summed E-state index contributed by atoms with van der Waals surface area (Å²) in [5, 5.41) is 14.0. The zero-order chi connectivity index (χ0) is 29.3. The van der Waals surface area contributed by atoms with Crippen LogP contribution in [-0.4, -0.2) is 65.5 Å². The highest BCUT2D eigenvalue weighted by atomic mass is 16.5. The van der Waals surface area contributed by atoms with Gasteiger partial charge >= 0.3 is 5.97 Å². The number of rotatable bonds is 7. The Hall–Kier alpha value is -4.18. The Morgan fingerprint density at radius 3 is 2.34 bits per heavy atom. The fourth-order valence-electron chi connectivity index (χ4n) is 4.77. The van der Waals surface area contributed by atoms with Gasteiger partial charge in [-0.25, -0.2) is 9.48 Å². The van der Waals surface area contributed by atoms with Crippen LogP contribution in [0.5, 0.6) is 5.75 Å². The molecule has 1 fully saturated rings. The Kier molecular flexibility index (Phi) is 6.14. The number of nitrogens with zero attached hydrogens (tertiary/aromatic N) is 4. The number of hydrogen-bond acceptors (Lipinski definition) is 7. The van der Waals surface area contributed by atoms with E-state index in [-0.39, 0.29) is 36.2 Å². The number of carbonyl (C=O) groups excluding carboxylic acids is 3. The van der Waals surface area contributed by atoms with E-state index in [1.54, 1.807) is 21.9 Å². The molecule has 5 rings (SSSR count). The topological polar surface area (TPSA) is 114 Å². The van der Waals surface area contributed by atoms with Gasteiger partial charge in [-0.1, -0.05) is 0 Å². The molecule has 10 nitrogen and oxygen atoms in total. The molecule has 0 bridgehead atoms. The number of aromatic nitrogens is 2. The standard InChI is InChI=1S/C28H30N4O6/c1-18(33)17-38-28(36)25-23-14-16-31(20-8-6-19(7-9-20)30-15-4-3-5-24(30)34)27(35)26(23)32(29-25)21-10-12-22(37-2)13-11-21/h6-13,18,33H,3-5,14-17H2,1-2H3/i2D3. The molecule has 2 aliphatic heterocycles. The number of hydrogen-bond donors (Lipinski definition) is 1. The summed E-state index contributed by atoms with van der Waals surface area (Å²) < 4.78 is 33.4. The van der Waals surface area contributed by atoms with Gasteiger partial charge < -0.3 is 24.4 Å². The number of aliphatic hydroxyl groups excluding tert-OH is 1. The molecule has 2 aromatic carbocycles. The van der Waals surface area contributed by atoms with E-state index in [9.17, 15) is 19.5 Å². The van der Waals surface area contributed by atoms with E-state index in [0.717, 1.165) is 18.5 Å². The number of amides is 2. The maximum absolute atomic E-state index is 13.9. The molecular formula is C28H30N4O6. The first-order valence-electron chi connectivity index (χ1n) is 14.0. The minimum Gasteiger partial charge on any atom is -0.497 e. The van der Waals surface area contributed by atoms with Gasteiger partial charge in [0, 0.05) is 36.4 Å². The van der Waals surface area contributed by atoms with Gasteiger partial charge in [0.15, 0.2) is 5.69 Å². The molecule has 0 radical (unpaired) electrons. The first-order chi connectivity index (χ1) is 19.5. The van der Waals surface area contributed by atoms with Gasteiger partial charge in [-0.05, 0) is 74.7 Å². The van der Waals surface area contributed by atoms with Crippen LogP contribution in [0.4, 0.5) is 11.4 Å². The largest absolute Gasteiger partial charge is 0.497 e. The summed E-state index contributed by atoms with van der Waals surface area (Å²) in [4.78, 5) is 42.5.